The molecule has 2 aromatic rings. The summed E-state index contributed by atoms with van der Waals surface area (Å²) < 4.78 is 1.73. The minimum Gasteiger partial charge on any atom is -0.338 e. The molecule has 1 saturated heterocycles. The van der Waals surface area contributed by atoms with Crippen molar-refractivity contribution in [1.82, 2.24) is 19.6 Å². The number of piperazine rings is 1. The number of carbonyl (C=O) groups is 1. The first-order valence-corrected chi connectivity index (χ1v) is 9.60. The molecule has 0 N–H and O–H groups in total. The molecular formula is C19H24Cl2N4O. The Labute approximate surface area is 164 Å². The first-order valence-electron chi connectivity index (χ1n) is 8.84. The standard InChI is InChI=1S/C19H24Cl2N4O/c1-13-18(21)14(2)25(22-13)15(3)19(26)24-10-8-23(9-11-24)12-16-6-4-5-7-17(16)20/h4-7,15H,8-12H2,1-3H3. The number of benzene rings is 1. The number of carbonyl (C=O) groups excluding carboxylic acids is 1. The first kappa shape index (κ1) is 19.2. The normalized spacial score (nSPS) is 16.7. The van der Waals surface area contributed by atoms with E-state index in [4.69, 9.17) is 23.2 Å². The Morgan fingerprint density at radius 1 is 1.15 bits per heavy atom. The smallest absolute Gasteiger partial charge is 0.247 e. The van der Waals surface area contributed by atoms with E-state index in [2.05, 4.69) is 16.1 Å². The fraction of sp³-hybridized carbons (Fsp3) is 0.474. The summed E-state index contributed by atoms with van der Waals surface area (Å²) in [6, 6.07) is 7.56. The van der Waals surface area contributed by atoms with Gasteiger partial charge in [0, 0.05) is 37.7 Å². The summed E-state index contributed by atoms with van der Waals surface area (Å²) in [6.45, 7) is 9.53. The molecule has 5 nitrogen and oxygen atoms in total. The number of aromatic nitrogens is 2. The lowest BCUT2D eigenvalue weighted by Crippen LogP contribution is -2.50. The molecule has 3 rings (SSSR count). The molecule has 0 spiro atoms. The van der Waals surface area contributed by atoms with Crippen molar-refractivity contribution >= 4 is 29.1 Å². The molecule has 1 fully saturated rings. The highest BCUT2D eigenvalue weighted by Crippen LogP contribution is 2.24. The highest BCUT2D eigenvalue weighted by Gasteiger charge is 2.28. The van der Waals surface area contributed by atoms with E-state index in [9.17, 15) is 4.79 Å². The lowest BCUT2D eigenvalue weighted by molar-refractivity contribution is -0.136. The zero-order valence-electron chi connectivity index (χ0n) is 15.4. The lowest BCUT2D eigenvalue weighted by atomic mass is 10.2. The molecule has 1 atom stereocenters. The van der Waals surface area contributed by atoms with Gasteiger partial charge in [-0.25, -0.2) is 0 Å². The Morgan fingerprint density at radius 2 is 1.81 bits per heavy atom. The van der Waals surface area contributed by atoms with Crippen molar-refractivity contribution < 1.29 is 4.79 Å². The van der Waals surface area contributed by atoms with E-state index < -0.39 is 0 Å². The van der Waals surface area contributed by atoms with Crippen molar-refractivity contribution in [3.8, 4) is 0 Å². The second-order valence-electron chi connectivity index (χ2n) is 6.80. The molecule has 2 heterocycles. The second kappa shape index (κ2) is 7.99. The van der Waals surface area contributed by atoms with Gasteiger partial charge in [0.1, 0.15) is 6.04 Å². The Kier molecular flexibility index (Phi) is 5.90. The number of hydrogen-bond acceptors (Lipinski definition) is 3. The van der Waals surface area contributed by atoms with Crippen molar-refractivity contribution in [1.29, 1.82) is 0 Å². The van der Waals surface area contributed by atoms with Crippen LogP contribution in [0.3, 0.4) is 0 Å². The third kappa shape index (κ3) is 3.90. The minimum absolute atomic E-state index is 0.0876. The fourth-order valence-electron chi connectivity index (χ4n) is 3.38. The van der Waals surface area contributed by atoms with Gasteiger partial charge in [-0.15, -0.1) is 0 Å². The van der Waals surface area contributed by atoms with Gasteiger partial charge in [-0.2, -0.15) is 5.10 Å². The van der Waals surface area contributed by atoms with Gasteiger partial charge in [-0.3, -0.25) is 14.4 Å². The van der Waals surface area contributed by atoms with Crippen LogP contribution < -0.4 is 0 Å². The number of amides is 1. The van der Waals surface area contributed by atoms with Gasteiger partial charge in [-0.05, 0) is 32.4 Å². The number of halogens is 2. The van der Waals surface area contributed by atoms with E-state index >= 15 is 0 Å². The Balaban J connectivity index is 1.59. The molecule has 7 heteroatoms. The molecule has 0 bridgehead atoms. The molecular weight excluding hydrogens is 371 g/mol. The molecule has 1 aromatic heterocycles. The van der Waals surface area contributed by atoms with E-state index in [0.717, 1.165) is 41.6 Å². The molecule has 26 heavy (non-hydrogen) atoms. The van der Waals surface area contributed by atoms with Crippen LogP contribution in [-0.2, 0) is 11.3 Å². The van der Waals surface area contributed by atoms with E-state index in [1.54, 1.807) is 4.68 Å². The largest absolute Gasteiger partial charge is 0.338 e. The molecule has 1 amide bonds. The molecule has 0 aliphatic carbocycles. The Hall–Kier alpha value is -1.56. The summed E-state index contributed by atoms with van der Waals surface area (Å²) in [5.41, 5.74) is 2.72. The monoisotopic (exact) mass is 394 g/mol. The first-order chi connectivity index (χ1) is 12.4. The average Bonchev–Trinajstić information content (AvgIpc) is 2.90. The predicted octanol–water partition coefficient (Wildman–Crippen LogP) is 3.71. The summed E-state index contributed by atoms with van der Waals surface area (Å²) in [7, 11) is 0. The third-order valence-corrected chi connectivity index (χ3v) is 5.91. The van der Waals surface area contributed by atoms with Gasteiger partial charge < -0.3 is 4.90 Å². The summed E-state index contributed by atoms with van der Waals surface area (Å²) in [5.74, 6) is 0.0876. The van der Waals surface area contributed by atoms with E-state index in [1.807, 2.05) is 43.9 Å². The number of nitrogens with zero attached hydrogens (tertiary/aromatic N) is 4. The predicted molar refractivity (Wildman–Crippen MR) is 105 cm³/mol. The zero-order valence-corrected chi connectivity index (χ0v) is 16.9. The van der Waals surface area contributed by atoms with Gasteiger partial charge in [0.25, 0.3) is 0 Å². The van der Waals surface area contributed by atoms with Crippen LogP contribution in [-0.4, -0.2) is 51.7 Å². The van der Waals surface area contributed by atoms with Crippen molar-refractivity contribution in [2.45, 2.75) is 33.4 Å². The van der Waals surface area contributed by atoms with Gasteiger partial charge >= 0.3 is 0 Å². The van der Waals surface area contributed by atoms with E-state index in [0.29, 0.717) is 18.1 Å². The van der Waals surface area contributed by atoms with Crippen LogP contribution in [0.4, 0.5) is 0 Å². The molecule has 0 radical (unpaired) electrons. The maximum Gasteiger partial charge on any atom is 0.247 e. The minimum atomic E-state index is -0.351. The molecule has 1 aromatic carbocycles. The van der Waals surface area contributed by atoms with Gasteiger partial charge in [0.15, 0.2) is 0 Å². The summed E-state index contributed by atoms with van der Waals surface area (Å²) in [6.07, 6.45) is 0. The van der Waals surface area contributed by atoms with E-state index in [1.165, 1.54) is 0 Å². The SMILES string of the molecule is Cc1nn(C(C)C(=O)N2CCN(Cc3ccccc3Cl)CC2)c(C)c1Cl. The van der Waals surface area contributed by atoms with Crippen LogP contribution >= 0.6 is 23.2 Å². The van der Waals surface area contributed by atoms with Crippen molar-refractivity contribution in [2.24, 2.45) is 0 Å². The van der Waals surface area contributed by atoms with Crippen molar-refractivity contribution in [3.05, 3.63) is 51.3 Å². The fourth-order valence-corrected chi connectivity index (χ4v) is 3.70. The average molecular weight is 395 g/mol. The topological polar surface area (TPSA) is 41.4 Å². The summed E-state index contributed by atoms with van der Waals surface area (Å²) >= 11 is 12.5. The van der Waals surface area contributed by atoms with Crippen LogP contribution in [0, 0.1) is 13.8 Å². The maximum absolute atomic E-state index is 12.9. The van der Waals surface area contributed by atoms with Crippen LogP contribution in [0.25, 0.3) is 0 Å². The summed E-state index contributed by atoms with van der Waals surface area (Å²) in [5, 5.41) is 5.84. The molecule has 0 saturated carbocycles. The van der Waals surface area contributed by atoms with Crippen LogP contribution in [0.15, 0.2) is 24.3 Å². The highest BCUT2D eigenvalue weighted by molar-refractivity contribution is 6.32. The maximum atomic E-state index is 12.9. The molecule has 140 valence electrons. The third-order valence-electron chi connectivity index (χ3n) is 5.00. The van der Waals surface area contributed by atoms with Crippen molar-refractivity contribution in [3.63, 3.8) is 0 Å². The highest BCUT2D eigenvalue weighted by atomic mass is 35.5. The van der Waals surface area contributed by atoms with Gasteiger partial charge in [0.2, 0.25) is 5.91 Å². The van der Waals surface area contributed by atoms with Crippen molar-refractivity contribution in [2.75, 3.05) is 26.2 Å². The molecule has 1 aliphatic rings. The van der Waals surface area contributed by atoms with Gasteiger partial charge in [0.05, 0.1) is 16.4 Å². The quantitative estimate of drug-likeness (QED) is 0.793. The number of hydrogen-bond donors (Lipinski definition) is 0. The zero-order chi connectivity index (χ0) is 18.8. The molecule has 1 unspecified atom stereocenters. The second-order valence-corrected chi connectivity index (χ2v) is 7.58. The van der Waals surface area contributed by atoms with Crippen LogP contribution in [0.5, 0.6) is 0 Å². The number of aryl methyl sites for hydroxylation is 1. The Bertz CT molecular complexity index is 797. The van der Waals surface area contributed by atoms with Gasteiger partial charge in [-0.1, -0.05) is 41.4 Å². The van der Waals surface area contributed by atoms with Crippen LogP contribution in [0.2, 0.25) is 10.0 Å². The molecule has 1 aliphatic heterocycles. The number of rotatable bonds is 4. The Morgan fingerprint density at radius 3 is 2.38 bits per heavy atom. The summed E-state index contributed by atoms with van der Waals surface area (Å²) in [4.78, 5) is 17.1. The van der Waals surface area contributed by atoms with Crippen LogP contribution in [0.1, 0.15) is 29.9 Å². The lowest BCUT2D eigenvalue weighted by Gasteiger charge is -2.36. The van der Waals surface area contributed by atoms with E-state index in [-0.39, 0.29) is 11.9 Å².